The summed E-state index contributed by atoms with van der Waals surface area (Å²) in [5, 5.41) is 12.9. The number of nitrogens with zero attached hydrogens (tertiary/aromatic N) is 1. The van der Waals surface area contributed by atoms with Gasteiger partial charge in [-0.15, -0.1) is 0 Å². The number of halogens is 2. The normalized spacial score (nSPS) is 10.4. The largest absolute Gasteiger partial charge is 0.437 e. The van der Waals surface area contributed by atoms with Crippen LogP contribution in [0.2, 0.25) is 10.0 Å². The molecule has 1 heterocycles. The van der Waals surface area contributed by atoms with Crippen molar-refractivity contribution in [2.45, 2.75) is 13.5 Å². The van der Waals surface area contributed by atoms with Crippen LogP contribution in [-0.2, 0) is 6.61 Å². The highest BCUT2D eigenvalue weighted by molar-refractivity contribution is 6.36. The summed E-state index contributed by atoms with van der Waals surface area (Å²) in [7, 11) is 0. The van der Waals surface area contributed by atoms with Crippen molar-refractivity contribution >= 4 is 29.0 Å². The quantitative estimate of drug-likeness (QED) is 0.872. The number of hydrogen-bond acceptors (Lipinski definition) is 4. The maximum absolute atomic E-state index is 9.11. The van der Waals surface area contributed by atoms with Gasteiger partial charge in [0.2, 0.25) is 5.88 Å². The van der Waals surface area contributed by atoms with Crippen LogP contribution < -0.4 is 10.1 Å². The zero-order valence-electron chi connectivity index (χ0n) is 10.9. The predicted molar refractivity (Wildman–Crippen MR) is 80.9 cm³/mol. The Morgan fingerprint density at radius 3 is 2.75 bits per heavy atom. The van der Waals surface area contributed by atoms with Crippen LogP contribution in [0.3, 0.4) is 0 Å². The van der Waals surface area contributed by atoms with Crippen molar-refractivity contribution in [3.05, 3.63) is 45.9 Å². The molecule has 0 aliphatic heterocycles. The minimum Gasteiger partial charge on any atom is -0.437 e. The molecule has 1 aromatic heterocycles. The molecule has 0 fully saturated rings. The Bertz CT molecular complexity index is 606. The van der Waals surface area contributed by atoms with Gasteiger partial charge in [-0.05, 0) is 30.7 Å². The van der Waals surface area contributed by atoms with Crippen molar-refractivity contribution in [1.82, 2.24) is 4.98 Å². The molecule has 106 valence electrons. The first-order valence-electron chi connectivity index (χ1n) is 6.11. The topological polar surface area (TPSA) is 54.4 Å². The van der Waals surface area contributed by atoms with E-state index in [2.05, 4.69) is 10.3 Å². The van der Waals surface area contributed by atoms with E-state index in [1.54, 1.807) is 30.3 Å². The molecule has 2 aromatic rings. The molecule has 0 atom stereocenters. The maximum atomic E-state index is 9.11. The number of benzene rings is 1. The summed E-state index contributed by atoms with van der Waals surface area (Å²) >= 11 is 12.1. The zero-order chi connectivity index (χ0) is 14.5. The number of aromatic nitrogens is 1. The molecule has 1 aromatic carbocycles. The number of rotatable bonds is 5. The van der Waals surface area contributed by atoms with Gasteiger partial charge in [0.1, 0.15) is 16.6 Å². The smallest absolute Gasteiger partial charge is 0.240 e. The van der Waals surface area contributed by atoms with Crippen LogP contribution in [0.4, 0.5) is 5.82 Å². The average Bonchev–Trinajstić information content (AvgIpc) is 2.44. The summed E-state index contributed by atoms with van der Waals surface area (Å²) in [6.07, 6.45) is 0. The van der Waals surface area contributed by atoms with Gasteiger partial charge in [-0.3, -0.25) is 0 Å². The lowest BCUT2D eigenvalue weighted by Gasteiger charge is -2.11. The molecule has 0 saturated carbocycles. The van der Waals surface area contributed by atoms with Crippen LogP contribution in [0.5, 0.6) is 11.6 Å². The summed E-state index contributed by atoms with van der Waals surface area (Å²) in [5.74, 6) is 1.34. The predicted octanol–water partition coefficient (Wildman–Crippen LogP) is 4.10. The van der Waals surface area contributed by atoms with E-state index >= 15 is 0 Å². The minimum absolute atomic E-state index is 0.0539. The van der Waals surface area contributed by atoms with Gasteiger partial charge < -0.3 is 15.2 Å². The van der Waals surface area contributed by atoms with E-state index in [4.69, 9.17) is 33.0 Å². The van der Waals surface area contributed by atoms with Crippen LogP contribution in [0.1, 0.15) is 12.5 Å². The highest BCUT2D eigenvalue weighted by Gasteiger charge is 2.11. The van der Waals surface area contributed by atoms with Crippen molar-refractivity contribution in [2.24, 2.45) is 0 Å². The molecular formula is C14H14Cl2N2O2. The molecule has 6 heteroatoms. The number of aliphatic hydroxyl groups excluding tert-OH is 1. The fourth-order valence-electron chi connectivity index (χ4n) is 1.63. The molecule has 0 radical (unpaired) electrons. The zero-order valence-corrected chi connectivity index (χ0v) is 12.4. The molecule has 20 heavy (non-hydrogen) atoms. The summed E-state index contributed by atoms with van der Waals surface area (Å²) in [4.78, 5) is 4.25. The van der Waals surface area contributed by atoms with E-state index in [1.807, 2.05) is 6.92 Å². The minimum atomic E-state index is -0.0539. The van der Waals surface area contributed by atoms with Gasteiger partial charge in [-0.2, -0.15) is 4.98 Å². The van der Waals surface area contributed by atoms with E-state index in [-0.39, 0.29) is 12.5 Å². The van der Waals surface area contributed by atoms with E-state index in [9.17, 15) is 0 Å². The summed E-state index contributed by atoms with van der Waals surface area (Å²) in [6.45, 7) is 2.58. The SMILES string of the molecule is CCNc1nc(Oc2cccc(CO)c2)c(Cl)cc1Cl. The summed E-state index contributed by atoms with van der Waals surface area (Å²) in [5.41, 5.74) is 0.750. The second kappa shape index (κ2) is 6.79. The first-order valence-corrected chi connectivity index (χ1v) is 6.87. The highest BCUT2D eigenvalue weighted by atomic mass is 35.5. The van der Waals surface area contributed by atoms with Crippen LogP contribution >= 0.6 is 23.2 Å². The molecule has 0 aliphatic rings. The fourth-order valence-corrected chi connectivity index (χ4v) is 2.10. The first kappa shape index (κ1) is 14.9. The summed E-state index contributed by atoms with van der Waals surface area (Å²) < 4.78 is 5.64. The van der Waals surface area contributed by atoms with Crippen molar-refractivity contribution in [2.75, 3.05) is 11.9 Å². The maximum Gasteiger partial charge on any atom is 0.240 e. The third-order valence-corrected chi connectivity index (χ3v) is 3.10. The van der Waals surface area contributed by atoms with Crippen molar-refractivity contribution in [3.63, 3.8) is 0 Å². The Balaban J connectivity index is 2.30. The third kappa shape index (κ3) is 3.54. The Labute approximate surface area is 127 Å². The Morgan fingerprint density at radius 2 is 2.05 bits per heavy atom. The lowest BCUT2D eigenvalue weighted by molar-refractivity contribution is 0.281. The monoisotopic (exact) mass is 312 g/mol. The standard InChI is InChI=1S/C14H14Cl2N2O2/c1-2-17-13-11(15)7-12(16)14(18-13)20-10-5-3-4-9(6-10)8-19/h3-7,19H,2,8H2,1H3,(H,17,18). The molecule has 0 amide bonds. The second-order valence-electron chi connectivity index (χ2n) is 4.04. The fraction of sp³-hybridized carbons (Fsp3) is 0.214. The van der Waals surface area contributed by atoms with Gasteiger partial charge in [-0.25, -0.2) is 0 Å². The lowest BCUT2D eigenvalue weighted by atomic mass is 10.2. The number of ether oxygens (including phenoxy) is 1. The molecule has 2 N–H and O–H groups in total. The second-order valence-corrected chi connectivity index (χ2v) is 4.86. The van der Waals surface area contributed by atoms with Crippen LogP contribution in [0.15, 0.2) is 30.3 Å². The molecular weight excluding hydrogens is 299 g/mol. The van der Waals surface area contributed by atoms with E-state index < -0.39 is 0 Å². The van der Waals surface area contributed by atoms with Crippen molar-refractivity contribution in [1.29, 1.82) is 0 Å². The van der Waals surface area contributed by atoms with Gasteiger partial charge >= 0.3 is 0 Å². The Morgan fingerprint density at radius 1 is 1.25 bits per heavy atom. The van der Waals surface area contributed by atoms with Gasteiger partial charge in [0.05, 0.1) is 11.6 Å². The average molecular weight is 313 g/mol. The van der Waals surface area contributed by atoms with E-state index in [0.717, 1.165) is 5.56 Å². The van der Waals surface area contributed by atoms with Gasteiger partial charge in [0, 0.05) is 6.54 Å². The Kier molecular flexibility index (Phi) is 5.06. The van der Waals surface area contributed by atoms with E-state index in [0.29, 0.717) is 28.2 Å². The number of aliphatic hydroxyl groups is 1. The third-order valence-electron chi connectivity index (χ3n) is 2.54. The number of nitrogens with one attached hydrogen (secondary N) is 1. The number of pyridine rings is 1. The van der Waals surface area contributed by atoms with Crippen LogP contribution in [0.25, 0.3) is 0 Å². The molecule has 0 unspecified atom stereocenters. The molecule has 0 aliphatic carbocycles. The van der Waals surface area contributed by atoms with Gasteiger partial charge in [-0.1, -0.05) is 35.3 Å². The Hall–Kier alpha value is -1.49. The number of anilines is 1. The van der Waals surface area contributed by atoms with E-state index in [1.165, 1.54) is 0 Å². The van der Waals surface area contributed by atoms with Crippen LogP contribution in [-0.4, -0.2) is 16.6 Å². The van der Waals surface area contributed by atoms with Gasteiger partial charge in [0.15, 0.2) is 0 Å². The molecule has 0 bridgehead atoms. The van der Waals surface area contributed by atoms with Gasteiger partial charge in [0.25, 0.3) is 0 Å². The highest BCUT2D eigenvalue weighted by Crippen LogP contribution is 2.33. The van der Waals surface area contributed by atoms with Crippen LogP contribution in [0, 0.1) is 0 Å². The van der Waals surface area contributed by atoms with Crippen molar-refractivity contribution < 1.29 is 9.84 Å². The first-order chi connectivity index (χ1) is 9.63. The molecule has 2 rings (SSSR count). The molecule has 4 nitrogen and oxygen atoms in total. The number of hydrogen-bond donors (Lipinski definition) is 2. The van der Waals surface area contributed by atoms with Crippen molar-refractivity contribution in [3.8, 4) is 11.6 Å². The lowest BCUT2D eigenvalue weighted by Crippen LogP contribution is -2.01. The summed E-state index contributed by atoms with van der Waals surface area (Å²) in [6, 6.07) is 8.65. The molecule has 0 spiro atoms. The molecule has 0 saturated heterocycles.